The molecule has 4 aromatic heterocycles. The van der Waals surface area contributed by atoms with E-state index in [0.29, 0.717) is 34.5 Å². The molecule has 6 rings (SSSR count). The van der Waals surface area contributed by atoms with E-state index in [1.807, 2.05) is 60.7 Å². The Morgan fingerprint density at radius 2 is 1.73 bits per heavy atom. The summed E-state index contributed by atoms with van der Waals surface area (Å²) < 4.78 is 5.97. The Balaban J connectivity index is 1.26. The van der Waals surface area contributed by atoms with E-state index in [9.17, 15) is 5.11 Å². The lowest BCUT2D eigenvalue weighted by Crippen LogP contribution is -2.01. The van der Waals surface area contributed by atoms with E-state index in [4.69, 9.17) is 10.5 Å². The molecule has 0 aliphatic heterocycles. The summed E-state index contributed by atoms with van der Waals surface area (Å²) in [6.07, 6.45) is 4.29. The Hall–Kier alpha value is -5.48. The second-order valence-corrected chi connectivity index (χ2v) is 9.01. The number of ether oxygens (including phenoxy) is 1. The molecular weight excluding hydrogens is 504 g/mol. The molecule has 4 heterocycles. The first-order valence-electron chi connectivity index (χ1n) is 12.5. The van der Waals surface area contributed by atoms with Crippen LogP contribution in [0.5, 0.6) is 11.8 Å². The number of hydrogen-bond acceptors (Lipinski definition) is 10. The van der Waals surface area contributed by atoms with Gasteiger partial charge < -0.3 is 20.9 Å². The van der Waals surface area contributed by atoms with Gasteiger partial charge in [0.05, 0.1) is 29.2 Å². The standard InChI is InChI=1S/C30H24N8O2/c1-18(39)19-6-4-7-20(16-19)27-22-8-2-3-9-23(22)28(38-37-27)35-21-11-12-26(34-17-21)40-29-24(10-5-14-32-29)25-13-15-33-30(31)36-25/h2-18,39H,1H3,(H,35,38)(H2,31,33,36)/t18-/m0/s1. The average Bonchev–Trinajstić information content (AvgIpc) is 2.99. The summed E-state index contributed by atoms with van der Waals surface area (Å²) in [5.74, 6) is 1.46. The van der Waals surface area contributed by atoms with Crippen molar-refractivity contribution in [3.63, 3.8) is 0 Å². The minimum absolute atomic E-state index is 0.165. The molecule has 0 spiro atoms. The normalized spacial score (nSPS) is 11.8. The van der Waals surface area contributed by atoms with Gasteiger partial charge in [0.2, 0.25) is 17.7 Å². The third-order valence-electron chi connectivity index (χ3n) is 6.25. The van der Waals surface area contributed by atoms with E-state index in [-0.39, 0.29) is 5.95 Å². The molecule has 196 valence electrons. The van der Waals surface area contributed by atoms with Crippen LogP contribution in [0.2, 0.25) is 0 Å². The molecule has 0 saturated carbocycles. The zero-order chi connectivity index (χ0) is 27.5. The van der Waals surface area contributed by atoms with Gasteiger partial charge in [0, 0.05) is 34.8 Å². The van der Waals surface area contributed by atoms with E-state index in [0.717, 1.165) is 27.6 Å². The fourth-order valence-corrected chi connectivity index (χ4v) is 4.30. The van der Waals surface area contributed by atoms with Crippen LogP contribution in [-0.4, -0.2) is 35.2 Å². The van der Waals surface area contributed by atoms with E-state index >= 15 is 0 Å². The predicted molar refractivity (Wildman–Crippen MR) is 153 cm³/mol. The minimum Gasteiger partial charge on any atom is -0.420 e. The fraction of sp³-hybridized carbons (Fsp3) is 0.0667. The molecule has 0 fully saturated rings. The molecule has 0 radical (unpaired) electrons. The number of nitrogens with one attached hydrogen (secondary N) is 1. The number of fused-ring (bicyclic) bond motifs is 1. The van der Waals surface area contributed by atoms with Crippen LogP contribution in [-0.2, 0) is 0 Å². The number of rotatable bonds is 7. The molecule has 4 N–H and O–H groups in total. The van der Waals surface area contributed by atoms with Gasteiger partial charge in [-0.2, -0.15) is 0 Å². The molecule has 2 aromatic carbocycles. The Kier molecular flexibility index (Phi) is 6.65. The maximum absolute atomic E-state index is 10.0. The molecule has 0 bridgehead atoms. The number of nitrogen functional groups attached to an aromatic ring is 1. The molecule has 0 amide bonds. The number of benzene rings is 2. The Bertz CT molecular complexity index is 1810. The van der Waals surface area contributed by atoms with Crippen molar-refractivity contribution in [3.8, 4) is 34.3 Å². The second-order valence-electron chi connectivity index (χ2n) is 9.01. The van der Waals surface area contributed by atoms with Crippen molar-refractivity contribution in [2.45, 2.75) is 13.0 Å². The molecule has 10 heteroatoms. The zero-order valence-corrected chi connectivity index (χ0v) is 21.4. The predicted octanol–water partition coefficient (Wildman–Crippen LogP) is 5.72. The van der Waals surface area contributed by atoms with Gasteiger partial charge in [-0.15, -0.1) is 10.2 Å². The van der Waals surface area contributed by atoms with Crippen LogP contribution in [0.4, 0.5) is 17.5 Å². The minimum atomic E-state index is -0.574. The summed E-state index contributed by atoms with van der Waals surface area (Å²) >= 11 is 0. The van der Waals surface area contributed by atoms with Gasteiger partial charge in [-0.3, -0.25) is 0 Å². The molecular formula is C30H24N8O2. The van der Waals surface area contributed by atoms with Crippen molar-refractivity contribution in [1.29, 1.82) is 0 Å². The lowest BCUT2D eigenvalue weighted by atomic mass is 10.0. The van der Waals surface area contributed by atoms with Gasteiger partial charge in [0.15, 0.2) is 5.82 Å². The number of aliphatic hydroxyl groups is 1. The Morgan fingerprint density at radius 3 is 2.52 bits per heavy atom. The van der Waals surface area contributed by atoms with Crippen LogP contribution >= 0.6 is 0 Å². The SMILES string of the molecule is C[C@H](O)c1cccc(-c2nnc(Nc3ccc(Oc4ncccc4-c4ccnc(N)n4)nc3)c3ccccc23)c1. The maximum Gasteiger partial charge on any atom is 0.230 e. The van der Waals surface area contributed by atoms with Crippen LogP contribution in [0.25, 0.3) is 33.3 Å². The van der Waals surface area contributed by atoms with E-state index in [1.165, 1.54) is 0 Å². The smallest absolute Gasteiger partial charge is 0.230 e. The van der Waals surface area contributed by atoms with Crippen LogP contribution in [0.15, 0.2) is 97.5 Å². The quantitative estimate of drug-likeness (QED) is 0.235. The van der Waals surface area contributed by atoms with Crippen LogP contribution in [0.1, 0.15) is 18.6 Å². The van der Waals surface area contributed by atoms with Crippen LogP contribution < -0.4 is 15.8 Å². The first-order valence-corrected chi connectivity index (χ1v) is 12.5. The largest absolute Gasteiger partial charge is 0.420 e. The number of aromatic nitrogens is 6. The lowest BCUT2D eigenvalue weighted by Gasteiger charge is -2.13. The third-order valence-corrected chi connectivity index (χ3v) is 6.25. The van der Waals surface area contributed by atoms with Gasteiger partial charge in [-0.05, 0) is 42.8 Å². The van der Waals surface area contributed by atoms with Gasteiger partial charge >= 0.3 is 0 Å². The highest BCUT2D eigenvalue weighted by molar-refractivity contribution is 6.00. The summed E-state index contributed by atoms with van der Waals surface area (Å²) in [5, 5.41) is 24.2. The van der Waals surface area contributed by atoms with Crippen molar-refractivity contribution >= 4 is 28.2 Å². The van der Waals surface area contributed by atoms with E-state index in [1.54, 1.807) is 43.7 Å². The summed E-state index contributed by atoms with van der Waals surface area (Å²) in [6.45, 7) is 1.74. The number of pyridine rings is 2. The summed E-state index contributed by atoms with van der Waals surface area (Å²) in [7, 11) is 0. The van der Waals surface area contributed by atoms with Gasteiger partial charge in [0.1, 0.15) is 5.69 Å². The monoisotopic (exact) mass is 528 g/mol. The topological polar surface area (TPSA) is 145 Å². The molecule has 6 aromatic rings. The second kappa shape index (κ2) is 10.7. The molecule has 0 saturated heterocycles. The van der Waals surface area contributed by atoms with Crippen molar-refractivity contribution in [3.05, 3.63) is 103 Å². The fourth-order valence-electron chi connectivity index (χ4n) is 4.30. The van der Waals surface area contributed by atoms with Gasteiger partial charge in [0.25, 0.3) is 0 Å². The average molecular weight is 529 g/mol. The molecule has 0 unspecified atom stereocenters. The molecule has 10 nitrogen and oxygen atoms in total. The number of nitrogens with two attached hydrogens (primary N) is 1. The Morgan fingerprint density at radius 1 is 0.850 bits per heavy atom. The van der Waals surface area contributed by atoms with Gasteiger partial charge in [-0.1, -0.05) is 42.5 Å². The summed E-state index contributed by atoms with van der Waals surface area (Å²) in [4.78, 5) is 17.0. The molecule has 0 aliphatic carbocycles. The van der Waals surface area contributed by atoms with Crippen molar-refractivity contribution < 1.29 is 9.84 Å². The zero-order valence-electron chi connectivity index (χ0n) is 21.4. The van der Waals surface area contributed by atoms with Crippen LogP contribution in [0, 0.1) is 0 Å². The van der Waals surface area contributed by atoms with Crippen LogP contribution in [0.3, 0.4) is 0 Å². The van der Waals surface area contributed by atoms with Crippen molar-refractivity contribution in [1.82, 2.24) is 30.1 Å². The van der Waals surface area contributed by atoms with E-state index in [2.05, 4.69) is 35.5 Å². The van der Waals surface area contributed by atoms with Crippen molar-refractivity contribution in [2.75, 3.05) is 11.1 Å². The highest BCUT2D eigenvalue weighted by atomic mass is 16.5. The van der Waals surface area contributed by atoms with Gasteiger partial charge in [-0.25, -0.2) is 19.9 Å². The number of hydrogen-bond donors (Lipinski definition) is 3. The molecule has 0 aliphatic rings. The highest BCUT2D eigenvalue weighted by Crippen LogP contribution is 2.33. The number of nitrogens with zero attached hydrogens (tertiary/aromatic N) is 6. The maximum atomic E-state index is 10.0. The third kappa shape index (κ3) is 5.11. The summed E-state index contributed by atoms with van der Waals surface area (Å²) in [6, 6.07) is 24.6. The first-order chi connectivity index (χ1) is 19.5. The number of aliphatic hydroxyl groups excluding tert-OH is 1. The van der Waals surface area contributed by atoms with E-state index < -0.39 is 6.10 Å². The molecule has 1 atom stereocenters. The Labute approximate surface area is 229 Å². The molecule has 40 heavy (non-hydrogen) atoms. The highest BCUT2D eigenvalue weighted by Gasteiger charge is 2.14. The lowest BCUT2D eigenvalue weighted by molar-refractivity contribution is 0.199. The summed E-state index contributed by atoms with van der Waals surface area (Å²) in [5.41, 5.74) is 10.2. The first kappa shape index (κ1) is 24.8. The number of anilines is 3. The van der Waals surface area contributed by atoms with Crippen molar-refractivity contribution in [2.24, 2.45) is 0 Å².